The lowest BCUT2D eigenvalue weighted by Crippen LogP contribution is -1.93. The van der Waals surface area contributed by atoms with Crippen LogP contribution >= 0.6 is 0 Å². The summed E-state index contributed by atoms with van der Waals surface area (Å²) in [7, 11) is 0. The molecule has 0 fully saturated rings. The lowest BCUT2D eigenvalue weighted by Gasteiger charge is -2.04. The highest BCUT2D eigenvalue weighted by molar-refractivity contribution is 5.83. The van der Waals surface area contributed by atoms with E-state index in [1.54, 1.807) is 18.2 Å². The number of rotatable bonds is 4. The Balaban J connectivity index is 2.88. The van der Waals surface area contributed by atoms with E-state index in [0.717, 1.165) is 6.21 Å². The van der Waals surface area contributed by atoms with Gasteiger partial charge in [0.15, 0.2) is 0 Å². The Labute approximate surface area is 81.8 Å². The number of aromatic hydroxyl groups is 1. The van der Waals surface area contributed by atoms with E-state index in [9.17, 15) is 5.11 Å². The molecule has 0 saturated heterocycles. The molecule has 0 atom stereocenters. The quantitative estimate of drug-likeness (QED) is 0.331. The number of ether oxygens (including phenoxy) is 1. The molecule has 4 nitrogen and oxygen atoms in total. The van der Waals surface area contributed by atoms with Crippen molar-refractivity contribution in [2.24, 2.45) is 5.16 Å². The fourth-order valence-electron chi connectivity index (χ4n) is 0.943. The third-order valence-electron chi connectivity index (χ3n) is 1.56. The molecular formula is C10H11NO3. The van der Waals surface area contributed by atoms with Gasteiger partial charge in [0.05, 0.1) is 6.21 Å². The molecule has 1 rings (SSSR count). The number of hydrogen-bond donors (Lipinski definition) is 2. The van der Waals surface area contributed by atoms with Crippen LogP contribution in [-0.4, -0.2) is 23.1 Å². The van der Waals surface area contributed by atoms with Crippen molar-refractivity contribution < 1.29 is 15.1 Å². The SMILES string of the molecule is C=CCOc1ccc(O)c(/C=N\O)c1. The maximum Gasteiger partial charge on any atom is 0.124 e. The first-order chi connectivity index (χ1) is 6.77. The van der Waals surface area contributed by atoms with Crippen LogP contribution in [0.4, 0.5) is 0 Å². The van der Waals surface area contributed by atoms with Gasteiger partial charge >= 0.3 is 0 Å². The predicted octanol–water partition coefficient (Wildman–Crippen LogP) is 1.77. The molecule has 0 heterocycles. The van der Waals surface area contributed by atoms with Crippen molar-refractivity contribution in [3.63, 3.8) is 0 Å². The van der Waals surface area contributed by atoms with E-state index in [0.29, 0.717) is 17.9 Å². The fraction of sp³-hybridized carbons (Fsp3) is 0.100. The van der Waals surface area contributed by atoms with Crippen LogP contribution in [0.1, 0.15) is 5.56 Å². The van der Waals surface area contributed by atoms with Crippen molar-refractivity contribution in [2.75, 3.05) is 6.61 Å². The Kier molecular flexibility index (Phi) is 3.55. The summed E-state index contributed by atoms with van der Waals surface area (Å²) >= 11 is 0. The molecule has 0 amide bonds. The van der Waals surface area contributed by atoms with Crippen LogP contribution in [0, 0.1) is 0 Å². The Morgan fingerprint density at radius 1 is 1.50 bits per heavy atom. The molecule has 0 radical (unpaired) electrons. The van der Waals surface area contributed by atoms with Crippen LogP contribution < -0.4 is 4.74 Å². The lowest BCUT2D eigenvalue weighted by atomic mass is 10.2. The number of oxime groups is 1. The minimum absolute atomic E-state index is 0.0359. The maximum absolute atomic E-state index is 9.31. The lowest BCUT2D eigenvalue weighted by molar-refractivity contribution is 0.321. The normalized spacial score (nSPS) is 10.3. The predicted molar refractivity (Wildman–Crippen MR) is 53.2 cm³/mol. The molecule has 0 unspecified atom stereocenters. The average Bonchev–Trinajstić information content (AvgIpc) is 2.19. The first-order valence-electron chi connectivity index (χ1n) is 4.02. The van der Waals surface area contributed by atoms with Gasteiger partial charge in [-0.2, -0.15) is 0 Å². The second kappa shape index (κ2) is 4.91. The molecule has 0 aliphatic heterocycles. The van der Waals surface area contributed by atoms with Crippen molar-refractivity contribution >= 4 is 6.21 Å². The van der Waals surface area contributed by atoms with E-state index in [1.165, 1.54) is 6.07 Å². The number of hydrogen-bond acceptors (Lipinski definition) is 4. The smallest absolute Gasteiger partial charge is 0.124 e. The van der Waals surface area contributed by atoms with Crippen LogP contribution in [-0.2, 0) is 0 Å². The van der Waals surface area contributed by atoms with Gasteiger partial charge < -0.3 is 15.1 Å². The summed E-state index contributed by atoms with van der Waals surface area (Å²) in [6.45, 7) is 3.90. The molecule has 74 valence electrons. The highest BCUT2D eigenvalue weighted by Gasteiger charge is 2.00. The largest absolute Gasteiger partial charge is 0.507 e. The third-order valence-corrected chi connectivity index (χ3v) is 1.56. The summed E-state index contributed by atoms with van der Waals surface area (Å²) in [6.07, 6.45) is 2.75. The highest BCUT2D eigenvalue weighted by Crippen LogP contribution is 2.21. The van der Waals surface area contributed by atoms with Gasteiger partial charge in [-0.15, -0.1) is 0 Å². The number of nitrogens with zero attached hydrogens (tertiary/aromatic N) is 1. The summed E-state index contributed by atoms with van der Waals surface area (Å²) in [4.78, 5) is 0. The van der Waals surface area contributed by atoms with E-state index in [4.69, 9.17) is 9.94 Å². The van der Waals surface area contributed by atoms with Crippen molar-refractivity contribution in [1.82, 2.24) is 0 Å². The minimum atomic E-state index is 0.0359. The molecule has 0 aliphatic rings. The Hall–Kier alpha value is -1.97. The van der Waals surface area contributed by atoms with Crippen LogP contribution in [0.25, 0.3) is 0 Å². The van der Waals surface area contributed by atoms with E-state index >= 15 is 0 Å². The molecule has 0 spiro atoms. The molecule has 0 aliphatic carbocycles. The monoisotopic (exact) mass is 193 g/mol. The van der Waals surface area contributed by atoms with Gasteiger partial charge in [-0.05, 0) is 18.2 Å². The molecule has 0 saturated carbocycles. The average molecular weight is 193 g/mol. The zero-order chi connectivity index (χ0) is 10.4. The van der Waals surface area contributed by atoms with Crippen LogP contribution in [0.5, 0.6) is 11.5 Å². The summed E-state index contributed by atoms with van der Waals surface area (Å²) in [5.74, 6) is 0.617. The van der Waals surface area contributed by atoms with E-state index in [-0.39, 0.29) is 5.75 Å². The summed E-state index contributed by atoms with van der Waals surface area (Å²) in [5.41, 5.74) is 0.397. The summed E-state index contributed by atoms with van der Waals surface area (Å²) < 4.78 is 5.22. The fourth-order valence-corrected chi connectivity index (χ4v) is 0.943. The molecular weight excluding hydrogens is 182 g/mol. The topological polar surface area (TPSA) is 62.0 Å². The van der Waals surface area contributed by atoms with Gasteiger partial charge in [0.25, 0.3) is 0 Å². The Morgan fingerprint density at radius 3 is 2.93 bits per heavy atom. The molecule has 4 heteroatoms. The highest BCUT2D eigenvalue weighted by atomic mass is 16.5. The standard InChI is InChI=1S/C10H11NO3/c1-2-5-14-9-3-4-10(12)8(6-9)7-11-13/h2-4,6-7,12-13H,1,5H2/b11-7-. The van der Waals surface area contributed by atoms with Crippen molar-refractivity contribution in [3.05, 3.63) is 36.4 Å². The number of benzene rings is 1. The van der Waals surface area contributed by atoms with Gasteiger partial charge in [-0.3, -0.25) is 0 Å². The van der Waals surface area contributed by atoms with Crippen LogP contribution in [0.3, 0.4) is 0 Å². The number of phenolic OH excluding ortho intramolecular Hbond substituents is 1. The Bertz CT molecular complexity index is 347. The minimum Gasteiger partial charge on any atom is -0.507 e. The maximum atomic E-state index is 9.31. The van der Waals surface area contributed by atoms with Crippen molar-refractivity contribution in [2.45, 2.75) is 0 Å². The van der Waals surface area contributed by atoms with Crippen molar-refractivity contribution in [1.29, 1.82) is 0 Å². The second-order valence-electron chi connectivity index (χ2n) is 2.56. The van der Waals surface area contributed by atoms with Gasteiger partial charge in [0.2, 0.25) is 0 Å². The first kappa shape index (κ1) is 10.1. The molecule has 0 aromatic heterocycles. The molecule has 0 bridgehead atoms. The van der Waals surface area contributed by atoms with Gasteiger partial charge in [-0.25, -0.2) is 0 Å². The zero-order valence-electron chi connectivity index (χ0n) is 7.55. The molecule has 2 N–H and O–H groups in total. The Morgan fingerprint density at radius 2 is 2.29 bits per heavy atom. The van der Waals surface area contributed by atoms with Gasteiger partial charge in [-0.1, -0.05) is 17.8 Å². The first-order valence-corrected chi connectivity index (χ1v) is 4.02. The number of phenols is 1. The molecule has 1 aromatic carbocycles. The summed E-state index contributed by atoms with van der Waals surface area (Å²) in [5, 5.41) is 20.5. The molecule has 14 heavy (non-hydrogen) atoms. The van der Waals surface area contributed by atoms with E-state index < -0.39 is 0 Å². The van der Waals surface area contributed by atoms with Crippen LogP contribution in [0.2, 0.25) is 0 Å². The second-order valence-corrected chi connectivity index (χ2v) is 2.56. The zero-order valence-corrected chi connectivity index (χ0v) is 7.55. The third kappa shape index (κ3) is 2.52. The summed E-state index contributed by atoms with van der Waals surface area (Å²) in [6, 6.07) is 4.65. The van der Waals surface area contributed by atoms with E-state index in [1.807, 2.05) is 0 Å². The van der Waals surface area contributed by atoms with Gasteiger partial charge in [0, 0.05) is 5.56 Å². The van der Waals surface area contributed by atoms with Crippen LogP contribution in [0.15, 0.2) is 36.0 Å². The van der Waals surface area contributed by atoms with E-state index in [2.05, 4.69) is 11.7 Å². The van der Waals surface area contributed by atoms with Crippen molar-refractivity contribution in [3.8, 4) is 11.5 Å². The van der Waals surface area contributed by atoms with Gasteiger partial charge in [0.1, 0.15) is 18.1 Å². The molecule has 1 aromatic rings.